The van der Waals surface area contributed by atoms with Crippen LogP contribution < -0.4 is 5.73 Å². The molecule has 0 spiro atoms. The number of hydrogen-bond acceptors (Lipinski definition) is 3. The summed E-state index contributed by atoms with van der Waals surface area (Å²) >= 11 is 0. The molecule has 2 aliphatic carbocycles. The van der Waals surface area contributed by atoms with Crippen LogP contribution in [0.3, 0.4) is 0 Å². The molecule has 1 amide bonds. The lowest BCUT2D eigenvalue weighted by Crippen LogP contribution is -2.54. The number of rotatable bonds is 4. The van der Waals surface area contributed by atoms with Gasteiger partial charge in [0.25, 0.3) is 0 Å². The van der Waals surface area contributed by atoms with E-state index in [1.165, 1.54) is 32.2 Å². The molecule has 0 aromatic heterocycles. The zero-order valence-corrected chi connectivity index (χ0v) is 11.9. The Kier molecular flexibility index (Phi) is 3.81. The zero-order chi connectivity index (χ0) is 13.3. The lowest BCUT2D eigenvalue weighted by atomic mass is 9.84. The molecule has 0 aromatic rings. The van der Waals surface area contributed by atoms with Crippen molar-refractivity contribution in [3.8, 4) is 0 Å². The molecule has 1 saturated heterocycles. The van der Waals surface area contributed by atoms with Gasteiger partial charge in [0, 0.05) is 39.3 Å². The van der Waals surface area contributed by atoms with E-state index in [1.54, 1.807) is 0 Å². The standard InChI is InChI=1S/C15H27N3O/c16-12-15(5-1-2-6-15)14(19)18-9-7-17(8-10-18)11-13-3-4-13/h13H,1-12,16H2. The summed E-state index contributed by atoms with van der Waals surface area (Å²) in [5.74, 6) is 1.30. The minimum atomic E-state index is -0.210. The van der Waals surface area contributed by atoms with Crippen molar-refractivity contribution in [3.63, 3.8) is 0 Å². The summed E-state index contributed by atoms with van der Waals surface area (Å²) in [7, 11) is 0. The van der Waals surface area contributed by atoms with Gasteiger partial charge in [-0.2, -0.15) is 0 Å². The fourth-order valence-corrected chi connectivity index (χ4v) is 3.69. The molecule has 2 N–H and O–H groups in total. The molecule has 1 heterocycles. The molecule has 4 heteroatoms. The average Bonchev–Trinajstić information content (AvgIpc) is 3.13. The largest absolute Gasteiger partial charge is 0.340 e. The normalized spacial score (nSPS) is 27.7. The molecule has 0 aromatic carbocycles. The van der Waals surface area contributed by atoms with E-state index < -0.39 is 0 Å². The van der Waals surface area contributed by atoms with E-state index in [2.05, 4.69) is 9.80 Å². The van der Waals surface area contributed by atoms with Crippen LogP contribution in [-0.4, -0.2) is 55.0 Å². The highest BCUT2D eigenvalue weighted by atomic mass is 16.2. The minimum absolute atomic E-state index is 0.210. The Morgan fingerprint density at radius 1 is 1.11 bits per heavy atom. The number of hydrogen-bond donors (Lipinski definition) is 1. The fourth-order valence-electron chi connectivity index (χ4n) is 3.69. The number of amides is 1. The average molecular weight is 265 g/mol. The lowest BCUT2D eigenvalue weighted by Gasteiger charge is -2.39. The molecule has 0 unspecified atom stereocenters. The van der Waals surface area contributed by atoms with Gasteiger partial charge < -0.3 is 10.6 Å². The van der Waals surface area contributed by atoms with Crippen LogP contribution >= 0.6 is 0 Å². The van der Waals surface area contributed by atoms with Gasteiger partial charge in [0.05, 0.1) is 5.41 Å². The Labute approximate surface area is 116 Å². The van der Waals surface area contributed by atoms with Crippen LogP contribution in [0.2, 0.25) is 0 Å². The summed E-state index contributed by atoms with van der Waals surface area (Å²) in [6.45, 7) is 5.73. The maximum Gasteiger partial charge on any atom is 0.230 e. The molecule has 1 aliphatic heterocycles. The highest BCUT2D eigenvalue weighted by molar-refractivity contribution is 5.83. The van der Waals surface area contributed by atoms with Crippen molar-refractivity contribution in [2.45, 2.75) is 38.5 Å². The Morgan fingerprint density at radius 2 is 1.74 bits per heavy atom. The van der Waals surface area contributed by atoms with Crippen molar-refractivity contribution in [3.05, 3.63) is 0 Å². The number of carbonyl (C=O) groups excluding carboxylic acids is 1. The Morgan fingerprint density at radius 3 is 2.26 bits per heavy atom. The van der Waals surface area contributed by atoms with E-state index in [0.29, 0.717) is 12.5 Å². The molecular weight excluding hydrogens is 238 g/mol. The third-order valence-corrected chi connectivity index (χ3v) is 5.28. The predicted molar refractivity (Wildman–Crippen MR) is 75.7 cm³/mol. The third kappa shape index (κ3) is 2.79. The van der Waals surface area contributed by atoms with Crippen molar-refractivity contribution < 1.29 is 4.79 Å². The molecular formula is C15H27N3O. The van der Waals surface area contributed by atoms with Crippen LogP contribution in [0, 0.1) is 11.3 Å². The third-order valence-electron chi connectivity index (χ3n) is 5.28. The van der Waals surface area contributed by atoms with Crippen molar-refractivity contribution in [2.24, 2.45) is 17.1 Å². The second-order valence-corrected chi connectivity index (χ2v) is 6.73. The molecule has 3 aliphatic rings. The Bertz CT molecular complexity index is 326. The van der Waals surface area contributed by atoms with E-state index in [1.807, 2.05) is 0 Å². The van der Waals surface area contributed by atoms with E-state index in [9.17, 15) is 4.79 Å². The van der Waals surface area contributed by atoms with Crippen molar-refractivity contribution in [1.82, 2.24) is 9.80 Å². The van der Waals surface area contributed by atoms with Gasteiger partial charge in [0.2, 0.25) is 5.91 Å². The van der Waals surface area contributed by atoms with Gasteiger partial charge in [-0.05, 0) is 31.6 Å². The highest BCUT2D eigenvalue weighted by Gasteiger charge is 2.42. The van der Waals surface area contributed by atoms with Crippen LogP contribution in [0.15, 0.2) is 0 Å². The van der Waals surface area contributed by atoms with Gasteiger partial charge in [-0.25, -0.2) is 0 Å². The summed E-state index contributed by atoms with van der Waals surface area (Å²) in [5.41, 5.74) is 5.71. The summed E-state index contributed by atoms with van der Waals surface area (Å²) < 4.78 is 0. The molecule has 108 valence electrons. The maximum absolute atomic E-state index is 12.7. The monoisotopic (exact) mass is 265 g/mol. The van der Waals surface area contributed by atoms with Crippen LogP contribution in [-0.2, 0) is 4.79 Å². The second-order valence-electron chi connectivity index (χ2n) is 6.73. The molecule has 3 rings (SSSR count). The van der Waals surface area contributed by atoms with Gasteiger partial charge in [-0.15, -0.1) is 0 Å². The molecule has 3 fully saturated rings. The van der Waals surface area contributed by atoms with Crippen LogP contribution in [0.5, 0.6) is 0 Å². The van der Waals surface area contributed by atoms with Gasteiger partial charge in [0.1, 0.15) is 0 Å². The van der Waals surface area contributed by atoms with Crippen molar-refractivity contribution in [2.75, 3.05) is 39.3 Å². The van der Waals surface area contributed by atoms with Gasteiger partial charge >= 0.3 is 0 Å². The predicted octanol–water partition coefficient (Wildman–Crippen LogP) is 1.06. The SMILES string of the molecule is NCC1(C(=O)N2CCN(CC3CC3)CC2)CCCC1. The first-order valence-electron chi connectivity index (χ1n) is 7.95. The topological polar surface area (TPSA) is 49.6 Å². The lowest BCUT2D eigenvalue weighted by molar-refractivity contribution is -0.143. The first-order valence-corrected chi connectivity index (χ1v) is 7.95. The molecule has 19 heavy (non-hydrogen) atoms. The highest BCUT2D eigenvalue weighted by Crippen LogP contribution is 2.39. The number of nitrogens with zero attached hydrogens (tertiary/aromatic N) is 2. The number of piperazine rings is 1. The Hall–Kier alpha value is -0.610. The van der Waals surface area contributed by atoms with Crippen molar-refractivity contribution >= 4 is 5.91 Å². The van der Waals surface area contributed by atoms with Gasteiger partial charge in [-0.1, -0.05) is 12.8 Å². The summed E-state index contributed by atoms with van der Waals surface area (Å²) in [4.78, 5) is 17.3. The number of carbonyl (C=O) groups is 1. The van der Waals surface area contributed by atoms with Crippen molar-refractivity contribution in [1.29, 1.82) is 0 Å². The maximum atomic E-state index is 12.7. The van der Waals surface area contributed by atoms with E-state index >= 15 is 0 Å². The quantitative estimate of drug-likeness (QED) is 0.827. The molecule has 4 nitrogen and oxygen atoms in total. The minimum Gasteiger partial charge on any atom is -0.340 e. The molecule has 0 atom stereocenters. The molecule has 0 bridgehead atoms. The zero-order valence-electron chi connectivity index (χ0n) is 11.9. The van der Waals surface area contributed by atoms with Crippen LogP contribution in [0.1, 0.15) is 38.5 Å². The van der Waals surface area contributed by atoms with E-state index in [0.717, 1.165) is 44.9 Å². The summed E-state index contributed by atoms with van der Waals surface area (Å²) in [6, 6.07) is 0. The fraction of sp³-hybridized carbons (Fsp3) is 0.933. The van der Waals surface area contributed by atoms with Gasteiger partial charge in [-0.3, -0.25) is 9.69 Å². The first-order chi connectivity index (χ1) is 9.23. The molecule has 0 radical (unpaired) electrons. The second kappa shape index (κ2) is 5.41. The van der Waals surface area contributed by atoms with Crippen LogP contribution in [0.25, 0.3) is 0 Å². The number of nitrogens with two attached hydrogens (primary N) is 1. The smallest absolute Gasteiger partial charge is 0.230 e. The molecule has 2 saturated carbocycles. The first kappa shape index (κ1) is 13.4. The van der Waals surface area contributed by atoms with Gasteiger partial charge in [0.15, 0.2) is 0 Å². The van der Waals surface area contributed by atoms with E-state index in [-0.39, 0.29) is 5.41 Å². The summed E-state index contributed by atoms with van der Waals surface area (Å²) in [6.07, 6.45) is 7.18. The summed E-state index contributed by atoms with van der Waals surface area (Å²) in [5, 5.41) is 0. The Balaban J connectivity index is 1.53. The van der Waals surface area contributed by atoms with Crippen LogP contribution in [0.4, 0.5) is 0 Å². The van der Waals surface area contributed by atoms with E-state index in [4.69, 9.17) is 5.73 Å².